The topological polar surface area (TPSA) is 55.1 Å². The molecule has 0 fully saturated rings. The third kappa shape index (κ3) is 2.60. The van der Waals surface area contributed by atoms with Gasteiger partial charge >= 0.3 is 5.97 Å². The summed E-state index contributed by atoms with van der Waals surface area (Å²) in [4.78, 5) is 10.5. The van der Waals surface area contributed by atoms with Crippen molar-refractivity contribution in [2.75, 3.05) is 0 Å². The summed E-state index contributed by atoms with van der Waals surface area (Å²) < 4.78 is 2.55. The van der Waals surface area contributed by atoms with Crippen molar-refractivity contribution in [3.8, 4) is 11.1 Å². The van der Waals surface area contributed by atoms with E-state index in [-0.39, 0.29) is 6.54 Å². The third-order valence-electron chi connectivity index (χ3n) is 2.09. The number of carbonyl (C=O) groups is 1. The quantitative estimate of drug-likeness (QED) is 0.879. The second-order valence-corrected chi connectivity index (χ2v) is 4.58. The number of aromatic nitrogens is 2. The molecule has 0 aliphatic heterocycles. The van der Waals surface area contributed by atoms with Crippen molar-refractivity contribution in [2.24, 2.45) is 0 Å². The zero-order chi connectivity index (χ0) is 11.5. The lowest BCUT2D eigenvalue weighted by Crippen LogP contribution is -2.08. The van der Waals surface area contributed by atoms with Crippen molar-refractivity contribution in [3.63, 3.8) is 0 Å². The summed E-state index contributed by atoms with van der Waals surface area (Å²) in [5.41, 5.74) is 1.98. The smallest absolute Gasteiger partial charge is 0.325 e. The molecule has 0 amide bonds. The molecule has 0 unspecified atom stereocenters. The summed E-state index contributed by atoms with van der Waals surface area (Å²) in [5, 5.41) is 12.6. The van der Waals surface area contributed by atoms with Gasteiger partial charge in [0, 0.05) is 15.3 Å². The fraction of sp³-hybridized carbons (Fsp3) is 0.0909. The summed E-state index contributed by atoms with van der Waals surface area (Å²) in [6.45, 7) is -0.107. The molecule has 5 heteroatoms. The monoisotopic (exact) mass is 328 g/mol. The zero-order valence-corrected chi connectivity index (χ0v) is 10.5. The molecule has 0 atom stereocenters. The van der Waals surface area contributed by atoms with E-state index in [0.717, 1.165) is 14.7 Å². The molecular formula is C11H9IN2O2. The molecule has 1 aromatic heterocycles. The lowest BCUT2D eigenvalue weighted by molar-refractivity contribution is -0.137. The fourth-order valence-electron chi connectivity index (χ4n) is 1.41. The molecule has 82 valence electrons. The number of carboxylic acids is 1. The van der Waals surface area contributed by atoms with Gasteiger partial charge in [-0.15, -0.1) is 0 Å². The molecule has 0 bridgehead atoms. The molecule has 4 nitrogen and oxygen atoms in total. The number of aliphatic carboxylic acids is 1. The van der Waals surface area contributed by atoms with Gasteiger partial charge in [0.15, 0.2) is 0 Å². The molecular weight excluding hydrogens is 319 g/mol. The van der Waals surface area contributed by atoms with Crippen molar-refractivity contribution in [1.29, 1.82) is 0 Å². The molecule has 0 radical (unpaired) electrons. The summed E-state index contributed by atoms with van der Waals surface area (Å²) in [6.07, 6.45) is 3.41. The SMILES string of the molecule is O=C(O)Cn1cc(-c2cccc(I)c2)cn1. The van der Waals surface area contributed by atoms with Crippen LogP contribution in [0.4, 0.5) is 0 Å². The molecule has 0 saturated carbocycles. The van der Waals surface area contributed by atoms with Crippen LogP contribution in [0.15, 0.2) is 36.7 Å². The first-order valence-electron chi connectivity index (χ1n) is 4.65. The molecule has 0 saturated heterocycles. The van der Waals surface area contributed by atoms with E-state index in [1.807, 2.05) is 24.3 Å². The van der Waals surface area contributed by atoms with E-state index in [1.165, 1.54) is 4.68 Å². The normalized spacial score (nSPS) is 10.3. The van der Waals surface area contributed by atoms with Gasteiger partial charge in [-0.1, -0.05) is 12.1 Å². The van der Waals surface area contributed by atoms with Gasteiger partial charge in [-0.05, 0) is 40.3 Å². The predicted octanol–water partition coefficient (Wildman–Crippen LogP) is 2.24. The molecule has 0 aliphatic rings. The van der Waals surface area contributed by atoms with Gasteiger partial charge in [-0.2, -0.15) is 5.10 Å². The summed E-state index contributed by atoms with van der Waals surface area (Å²) >= 11 is 2.24. The Morgan fingerprint density at radius 3 is 2.94 bits per heavy atom. The minimum absolute atomic E-state index is 0.107. The van der Waals surface area contributed by atoms with Gasteiger partial charge in [0.25, 0.3) is 0 Å². The van der Waals surface area contributed by atoms with Crippen molar-refractivity contribution in [3.05, 3.63) is 40.2 Å². The predicted molar refractivity (Wildman–Crippen MR) is 68.0 cm³/mol. The Morgan fingerprint density at radius 1 is 1.44 bits per heavy atom. The Morgan fingerprint density at radius 2 is 2.25 bits per heavy atom. The van der Waals surface area contributed by atoms with Gasteiger partial charge in [-0.3, -0.25) is 9.48 Å². The van der Waals surface area contributed by atoms with Crippen LogP contribution in [-0.4, -0.2) is 20.9 Å². The van der Waals surface area contributed by atoms with Crippen molar-refractivity contribution in [2.45, 2.75) is 6.54 Å². The van der Waals surface area contributed by atoms with Gasteiger partial charge in [-0.25, -0.2) is 0 Å². The Hall–Kier alpha value is -1.37. The van der Waals surface area contributed by atoms with E-state index in [9.17, 15) is 4.79 Å². The summed E-state index contributed by atoms with van der Waals surface area (Å²) in [5.74, 6) is -0.891. The van der Waals surface area contributed by atoms with E-state index >= 15 is 0 Å². The van der Waals surface area contributed by atoms with Crippen LogP contribution < -0.4 is 0 Å². The first kappa shape index (κ1) is 11.1. The molecule has 1 heterocycles. The highest BCUT2D eigenvalue weighted by Gasteiger charge is 2.04. The Labute approximate surface area is 106 Å². The molecule has 1 N–H and O–H groups in total. The van der Waals surface area contributed by atoms with Crippen LogP contribution in [-0.2, 0) is 11.3 Å². The van der Waals surface area contributed by atoms with Crippen LogP contribution in [0.5, 0.6) is 0 Å². The minimum Gasteiger partial charge on any atom is -0.480 e. The van der Waals surface area contributed by atoms with Crippen LogP contribution in [0.2, 0.25) is 0 Å². The van der Waals surface area contributed by atoms with E-state index in [0.29, 0.717) is 0 Å². The molecule has 16 heavy (non-hydrogen) atoms. The maximum Gasteiger partial charge on any atom is 0.325 e. The first-order chi connectivity index (χ1) is 7.65. The fourth-order valence-corrected chi connectivity index (χ4v) is 1.95. The maximum absolute atomic E-state index is 10.5. The lowest BCUT2D eigenvalue weighted by atomic mass is 10.1. The van der Waals surface area contributed by atoms with Gasteiger partial charge in [0.2, 0.25) is 0 Å². The molecule has 2 aromatic rings. The maximum atomic E-state index is 10.5. The highest BCUT2D eigenvalue weighted by molar-refractivity contribution is 14.1. The minimum atomic E-state index is -0.891. The van der Waals surface area contributed by atoms with Crippen LogP contribution in [0.25, 0.3) is 11.1 Å². The number of hydrogen-bond acceptors (Lipinski definition) is 2. The summed E-state index contributed by atoms with van der Waals surface area (Å²) in [6, 6.07) is 7.98. The van der Waals surface area contributed by atoms with E-state index < -0.39 is 5.97 Å². The van der Waals surface area contributed by atoms with Gasteiger partial charge in [0.1, 0.15) is 6.54 Å². The second-order valence-electron chi connectivity index (χ2n) is 3.33. The lowest BCUT2D eigenvalue weighted by Gasteiger charge is -1.97. The van der Waals surface area contributed by atoms with E-state index in [1.54, 1.807) is 12.4 Å². The molecule has 0 spiro atoms. The van der Waals surface area contributed by atoms with Crippen molar-refractivity contribution >= 4 is 28.6 Å². The van der Waals surface area contributed by atoms with Crippen molar-refractivity contribution in [1.82, 2.24) is 9.78 Å². The van der Waals surface area contributed by atoms with Crippen LogP contribution in [0, 0.1) is 3.57 Å². The standard InChI is InChI=1S/C11H9IN2O2/c12-10-3-1-2-8(4-10)9-5-13-14(6-9)7-11(15)16/h1-6H,7H2,(H,15,16). The average molecular weight is 328 g/mol. The Balaban J connectivity index is 2.28. The Kier molecular flexibility index (Phi) is 3.23. The molecule has 1 aromatic carbocycles. The van der Waals surface area contributed by atoms with Gasteiger partial charge < -0.3 is 5.11 Å². The van der Waals surface area contributed by atoms with Crippen LogP contribution >= 0.6 is 22.6 Å². The van der Waals surface area contributed by atoms with Crippen molar-refractivity contribution < 1.29 is 9.90 Å². The first-order valence-corrected chi connectivity index (χ1v) is 5.73. The number of nitrogens with zero attached hydrogens (tertiary/aromatic N) is 2. The van der Waals surface area contributed by atoms with Gasteiger partial charge in [0.05, 0.1) is 6.20 Å². The zero-order valence-electron chi connectivity index (χ0n) is 8.30. The highest BCUT2D eigenvalue weighted by Crippen LogP contribution is 2.20. The van der Waals surface area contributed by atoms with E-state index in [4.69, 9.17) is 5.11 Å². The average Bonchev–Trinajstić information content (AvgIpc) is 2.65. The number of carboxylic acid groups (broad SMARTS) is 1. The molecule has 0 aliphatic carbocycles. The van der Waals surface area contributed by atoms with Crippen LogP contribution in [0.1, 0.15) is 0 Å². The largest absolute Gasteiger partial charge is 0.480 e. The van der Waals surface area contributed by atoms with E-state index in [2.05, 4.69) is 27.7 Å². The number of rotatable bonds is 3. The third-order valence-corrected chi connectivity index (χ3v) is 2.76. The summed E-state index contributed by atoms with van der Waals surface area (Å²) in [7, 11) is 0. The highest BCUT2D eigenvalue weighted by atomic mass is 127. The Bertz CT molecular complexity index is 522. The van der Waals surface area contributed by atoms with Crippen LogP contribution in [0.3, 0.4) is 0 Å². The number of benzene rings is 1. The second kappa shape index (κ2) is 4.65. The number of halogens is 1. The number of hydrogen-bond donors (Lipinski definition) is 1. The molecule has 2 rings (SSSR count).